The summed E-state index contributed by atoms with van der Waals surface area (Å²) in [6.07, 6.45) is 2.28. The lowest BCUT2D eigenvalue weighted by atomic mass is 10.1. The van der Waals surface area contributed by atoms with E-state index in [1.165, 1.54) is 12.8 Å². The molecule has 1 atom stereocenters. The molecule has 1 unspecified atom stereocenters. The predicted molar refractivity (Wildman–Crippen MR) is 65.6 cm³/mol. The van der Waals surface area contributed by atoms with Gasteiger partial charge >= 0.3 is 0 Å². The predicted octanol–water partition coefficient (Wildman–Crippen LogP) is 0.458. The van der Waals surface area contributed by atoms with Crippen molar-refractivity contribution in [1.82, 2.24) is 10.2 Å². The van der Waals surface area contributed by atoms with E-state index in [-0.39, 0.29) is 11.7 Å². The summed E-state index contributed by atoms with van der Waals surface area (Å²) in [6.45, 7) is 8.55. The van der Waals surface area contributed by atoms with Crippen molar-refractivity contribution in [3.05, 3.63) is 0 Å². The van der Waals surface area contributed by atoms with Gasteiger partial charge < -0.3 is 20.1 Å². The normalized spacial score (nSPS) is 20.2. The van der Waals surface area contributed by atoms with E-state index in [4.69, 9.17) is 4.74 Å². The highest BCUT2D eigenvalue weighted by Crippen LogP contribution is 2.08. The van der Waals surface area contributed by atoms with Crippen LogP contribution in [0.5, 0.6) is 0 Å². The molecule has 1 rings (SSSR count). The molecular formula is C12H26N2O2. The van der Waals surface area contributed by atoms with Crippen LogP contribution in [0.15, 0.2) is 0 Å². The molecule has 1 fully saturated rings. The van der Waals surface area contributed by atoms with E-state index >= 15 is 0 Å². The Morgan fingerprint density at radius 2 is 2.00 bits per heavy atom. The van der Waals surface area contributed by atoms with Crippen LogP contribution < -0.4 is 5.32 Å². The van der Waals surface area contributed by atoms with Gasteiger partial charge in [0.2, 0.25) is 0 Å². The zero-order chi connectivity index (χ0) is 12.0. The standard InChI is InChI=1S/C12H26N2O2/c1-12(2,16-3)10-13-8-11(15)9-14-6-4-5-7-14/h11,13,15H,4-10H2,1-3H3. The first-order valence-corrected chi connectivity index (χ1v) is 6.20. The topological polar surface area (TPSA) is 44.7 Å². The SMILES string of the molecule is COC(C)(C)CNCC(O)CN1CCCC1. The van der Waals surface area contributed by atoms with Gasteiger partial charge in [0.05, 0.1) is 11.7 Å². The average molecular weight is 230 g/mol. The Labute approximate surface area is 99.0 Å². The monoisotopic (exact) mass is 230 g/mol. The maximum atomic E-state index is 9.83. The van der Waals surface area contributed by atoms with Crippen LogP contribution in [-0.4, -0.2) is 61.5 Å². The van der Waals surface area contributed by atoms with E-state index in [0.29, 0.717) is 6.54 Å². The summed E-state index contributed by atoms with van der Waals surface area (Å²) in [5.41, 5.74) is -0.159. The van der Waals surface area contributed by atoms with Gasteiger partial charge in [-0.25, -0.2) is 0 Å². The number of rotatable bonds is 7. The lowest BCUT2D eigenvalue weighted by molar-refractivity contribution is 0.0198. The molecule has 0 aromatic carbocycles. The third kappa shape index (κ3) is 5.25. The zero-order valence-electron chi connectivity index (χ0n) is 10.8. The number of hydrogen-bond donors (Lipinski definition) is 2. The van der Waals surface area contributed by atoms with Gasteiger partial charge in [0, 0.05) is 26.7 Å². The maximum absolute atomic E-state index is 9.83. The zero-order valence-corrected chi connectivity index (χ0v) is 10.8. The van der Waals surface area contributed by atoms with Crippen LogP contribution in [0.25, 0.3) is 0 Å². The molecule has 96 valence electrons. The molecule has 0 aromatic rings. The minimum Gasteiger partial charge on any atom is -0.390 e. The quantitative estimate of drug-likeness (QED) is 0.667. The lowest BCUT2D eigenvalue weighted by Crippen LogP contribution is -2.42. The van der Waals surface area contributed by atoms with Gasteiger partial charge in [-0.05, 0) is 39.8 Å². The van der Waals surface area contributed by atoms with E-state index in [1.807, 2.05) is 13.8 Å². The molecule has 0 amide bonds. The number of aliphatic hydroxyl groups is 1. The van der Waals surface area contributed by atoms with Crippen molar-refractivity contribution in [3.63, 3.8) is 0 Å². The highest BCUT2D eigenvalue weighted by molar-refractivity contribution is 4.75. The number of aliphatic hydroxyl groups excluding tert-OH is 1. The third-order valence-electron chi connectivity index (χ3n) is 3.15. The summed E-state index contributed by atoms with van der Waals surface area (Å²) in [5, 5.41) is 13.1. The summed E-state index contributed by atoms with van der Waals surface area (Å²) in [7, 11) is 1.71. The van der Waals surface area contributed by atoms with Gasteiger partial charge in [0.25, 0.3) is 0 Å². The van der Waals surface area contributed by atoms with Gasteiger partial charge in [-0.15, -0.1) is 0 Å². The van der Waals surface area contributed by atoms with Gasteiger partial charge in [0.15, 0.2) is 0 Å². The highest BCUT2D eigenvalue weighted by Gasteiger charge is 2.18. The average Bonchev–Trinajstić information content (AvgIpc) is 2.70. The van der Waals surface area contributed by atoms with E-state index in [1.54, 1.807) is 7.11 Å². The minimum absolute atomic E-state index is 0.159. The Bertz CT molecular complexity index is 191. The molecule has 1 heterocycles. The van der Waals surface area contributed by atoms with Crippen molar-refractivity contribution in [2.24, 2.45) is 0 Å². The Hall–Kier alpha value is -0.160. The number of nitrogens with one attached hydrogen (secondary N) is 1. The molecule has 0 saturated carbocycles. The van der Waals surface area contributed by atoms with Crippen molar-refractivity contribution in [3.8, 4) is 0 Å². The first-order chi connectivity index (χ1) is 7.53. The number of methoxy groups -OCH3 is 1. The molecule has 1 aliphatic rings. The van der Waals surface area contributed by atoms with Crippen molar-refractivity contribution < 1.29 is 9.84 Å². The molecule has 0 radical (unpaired) electrons. The molecule has 0 bridgehead atoms. The molecule has 2 N–H and O–H groups in total. The van der Waals surface area contributed by atoms with Crippen molar-refractivity contribution in [1.29, 1.82) is 0 Å². The van der Waals surface area contributed by atoms with Crippen LogP contribution in [-0.2, 0) is 4.74 Å². The molecule has 4 nitrogen and oxygen atoms in total. The van der Waals surface area contributed by atoms with E-state index in [9.17, 15) is 5.11 Å². The summed E-state index contributed by atoms with van der Waals surface area (Å²) in [4.78, 5) is 2.33. The minimum atomic E-state index is -0.272. The summed E-state index contributed by atoms with van der Waals surface area (Å²) in [5.74, 6) is 0. The fourth-order valence-electron chi connectivity index (χ4n) is 1.94. The van der Waals surface area contributed by atoms with Crippen LogP contribution in [0, 0.1) is 0 Å². The summed E-state index contributed by atoms with van der Waals surface area (Å²) in [6, 6.07) is 0. The second-order valence-electron chi connectivity index (χ2n) is 5.26. The molecule has 1 aliphatic heterocycles. The molecular weight excluding hydrogens is 204 g/mol. The number of ether oxygens (including phenoxy) is 1. The third-order valence-corrected chi connectivity index (χ3v) is 3.15. The van der Waals surface area contributed by atoms with Gasteiger partial charge in [0.1, 0.15) is 0 Å². The molecule has 16 heavy (non-hydrogen) atoms. The lowest BCUT2D eigenvalue weighted by Gasteiger charge is -2.25. The molecule has 4 heteroatoms. The Morgan fingerprint density at radius 1 is 1.38 bits per heavy atom. The first-order valence-electron chi connectivity index (χ1n) is 6.20. The summed E-state index contributed by atoms with van der Waals surface area (Å²) < 4.78 is 5.30. The van der Waals surface area contributed by atoms with Crippen molar-refractivity contribution in [2.75, 3.05) is 39.8 Å². The molecule has 1 saturated heterocycles. The first kappa shape index (κ1) is 13.9. The smallest absolute Gasteiger partial charge is 0.0791 e. The Balaban J connectivity index is 2.07. The van der Waals surface area contributed by atoms with Gasteiger partial charge in [-0.1, -0.05) is 0 Å². The Morgan fingerprint density at radius 3 is 2.56 bits per heavy atom. The number of nitrogens with zero attached hydrogens (tertiary/aromatic N) is 1. The largest absolute Gasteiger partial charge is 0.390 e. The van der Waals surface area contributed by atoms with E-state index in [2.05, 4.69) is 10.2 Å². The van der Waals surface area contributed by atoms with Crippen LogP contribution >= 0.6 is 0 Å². The van der Waals surface area contributed by atoms with Gasteiger partial charge in [-0.2, -0.15) is 0 Å². The van der Waals surface area contributed by atoms with Crippen LogP contribution in [0.2, 0.25) is 0 Å². The van der Waals surface area contributed by atoms with E-state index in [0.717, 1.165) is 26.2 Å². The number of hydrogen-bond acceptors (Lipinski definition) is 4. The van der Waals surface area contributed by atoms with Crippen LogP contribution in [0.4, 0.5) is 0 Å². The van der Waals surface area contributed by atoms with Crippen molar-refractivity contribution >= 4 is 0 Å². The highest BCUT2D eigenvalue weighted by atomic mass is 16.5. The fraction of sp³-hybridized carbons (Fsp3) is 1.00. The Kier molecular flexibility index (Phi) is 5.69. The fourth-order valence-corrected chi connectivity index (χ4v) is 1.94. The maximum Gasteiger partial charge on any atom is 0.0791 e. The summed E-state index contributed by atoms with van der Waals surface area (Å²) >= 11 is 0. The van der Waals surface area contributed by atoms with Crippen molar-refractivity contribution in [2.45, 2.75) is 38.4 Å². The van der Waals surface area contributed by atoms with E-state index < -0.39 is 0 Å². The number of β-amino-alcohol motifs (C(OH)–C–C–N with tert-alkyl or cyclic N) is 1. The second-order valence-corrected chi connectivity index (χ2v) is 5.26. The molecule has 0 aromatic heterocycles. The van der Waals surface area contributed by atoms with Crippen LogP contribution in [0.3, 0.4) is 0 Å². The van der Waals surface area contributed by atoms with Crippen LogP contribution in [0.1, 0.15) is 26.7 Å². The molecule has 0 spiro atoms. The molecule has 0 aliphatic carbocycles. The second kappa shape index (κ2) is 6.55. The number of likely N-dealkylation sites (tertiary alicyclic amines) is 1. The van der Waals surface area contributed by atoms with Gasteiger partial charge in [-0.3, -0.25) is 0 Å².